The van der Waals surface area contributed by atoms with Gasteiger partial charge in [0.05, 0.1) is 4.92 Å². The largest absolute Gasteiger partial charge is 0.456 e. The van der Waals surface area contributed by atoms with E-state index >= 15 is 0 Å². The van der Waals surface area contributed by atoms with Gasteiger partial charge in [-0.25, -0.2) is 4.79 Å². The van der Waals surface area contributed by atoms with Gasteiger partial charge in [-0.3, -0.25) is 14.9 Å². The second-order valence-electron chi connectivity index (χ2n) is 8.75. The Morgan fingerprint density at radius 3 is 2.26 bits per heavy atom. The van der Waals surface area contributed by atoms with Crippen LogP contribution in [-0.4, -0.2) is 16.8 Å². The second-order valence-corrected chi connectivity index (χ2v) is 8.75. The zero-order chi connectivity index (χ0) is 24.7. The summed E-state index contributed by atoms with van der Waals surface area (Å²) in [7, 11) is 0. The molecule has 1 amide bonds. The number of carbonyl (C=O) groups excluding carboxylic acids is 2. The molecule has 0 aliphatic carbocycles. The van der Waals surface area contributed by atoms with Crippen molar-refractivity contribution < 1.29 is 19.2 Å². The average molecular weight is 459 g/mol. The second kappa shape index (κ2) is 10.6. The number of hydrogen-bond donors (Lipinski definition) is 1. The Balaban J connectivity index is 1.86. The minimum atomic E-state index is -0.755. The maximum atomic E-state index is 12.9. The molecule has 3 rings (SSSR count). The fourth-order valence-corrected chi connectivity index (χ4v) is 3.16. The summed E-state index contributed by atoms with van der Waals surface area (Å²) < 4.78 is 5.38. The molecule has 174 valence electrons. The summed E-state index contributed by atoms with van der Waals surface area (Å²) in [6, 6.07) is 22.0. The number of esters is 1. The molecule has 0 radical (unpaired) electrons. The summed E-state index contributed by atoms with van der Waals surface area (Å²) in [5.74, 6) is -1.25. The molecule has 0 aromatic heterocycles. The molecule has 0 aliphatic heterocycles. The number of nitro benzene ring substituents is 1. The van der Waals surface area contributed by atoms with Crippen LogP contribution in [0.4, 0.5) is 5.69 Å². The Morgan fingerprint density at radius 2 is 1.65 bits per heavy atom. The zero-order valence-corrected chi connectivity index (χ0v) is 19.3. The highest BCUT2D eigenvalue weighted by molar-refractivity contribution is 6.03. The van der Waals surface area contributed by atoms with Gasteiger partial charge in [-0.15, -0.1) is 0 Å². The van der Waals surface area contributed by atoms with Gasteiger partial charge in [0.15, 0.2) is 0 Å². The average Bonchev–Trinajstić information content (AvgIpc) is 2.82. The van der Waals surface area contributed by atoms with Gasteiger partial charge in [0.1, 0.15) is 12.3 Å². The number of ether oxygens (including phenoxy) is 1. The molecule has 3 aromatic rings. The van der Waals surface area contributed by atoms with Crippen LogP contribution in [0.5, 0.6) is 0 Å². The molecule has 34 heavy (non-hydrogen) atoms. The minimum Gasteiger partial charge on any atom is -0.456 e. The monoisotopic (exact) mass is 458 g/mol. The van der Waals surface area contributed by atoms with Crippen LogP contribution >= 0.6 is 0 Å². The topological polar surface area (TPSA) is 98.5 Å². The third-order valence-corrected chi connectivity index (χ3v) is 5.09. The summed E-state index contributed by atoms with van der Waals surface area (Å²) in [4.78, 5) is 36.3. The first kappa shape index (κ1) is 24.4. The normalized spacial score (nSPS) is 11.6. The molecule has 0 unspecified atom stereocenters. The number of nitro groups is 1. The van der Waals surface area contributed by atoms with E-state index in [1.54, 1.807) is 18.2 Å². The predicted molar refractivity (Wildman–Crippen MR) is 130 cm³/mol. The van der Waals surface area contributed by atoms with Gasteiger partial charge in [-0.2, -0.15) is 0 Å². The molecule has 0 aliphatic rings. The van der Waals surface area contributed by atoms with Gasteiger partial charge in [-0.05, 0) is 40.3 Å². The summed E-state index contributed by atoms with van der Waals surface area (Å²) in [5.41, 5.74) is 2.28. The molecule has 0 bridgehead atoms. The Morgan fingerprint density at radius 1 is 0.971 bits per heavy atom. The van der Waals surface area contributed by atoms with Crippen molar-refractivity contribution in [1.29, 1.82) is 0 Å². The third kappa shape index (κ3) is 6.62. The Kier molecular flexibility index (Phi) is 7.58. The molecule has 7 heteroatoms. The smallest absolute Gasteiger partial charge is 0.355 e. The van der Waals surface area contributed by atoms with Crippen LogP contribution in [-0.2, 0) is 21.6 Å². The highest BCUT2D eigenvalue weighted by Gasteiger charge is 2.18. The minimum absolute atomic E-state index is 0.0160. The van der Waals surface area contributed by atoms with Crippen LogP contribution in [0.2, 0.25) is 0 Å². The number of nitrogens with one attached hydrogen (secondary N) is 1. The first-order valence-corrected chi connectivity index (χ1v) is 10.7. The number of non-ortho nitro benzene ring substituents is 1. The number of nitrogens with zero attached hydrogens (tertiary/aromatic N) is 1. The van der Waals surface area contributed by atoms with Crippen LogP contribution in [0.15, 0.2) is 84.6 Å². The number of hydrogen-bond acceptors (Lipinski definition) is 5. The van der Waals surface area contributed by atoms with Crippen LogP contribution in [0.1, 0.15) is 47.8 Å². The SMILES string of the molecule is CC(C)(C)c1ccc(C(=O)N/C(=C\c2cccc([N+](=O)[O-])c2)C(=O)OCc2ccccc2)cc1. The van der Waals surface area contributed by atoms with Gasteiger partial charge in [0.25, 0.3) is 11.6 Å². The Hall–Kier alpha value is -4.26. The summed E-state index contributed by atoms with van der Waals surface area (Å²) in [6.45, 7) is 6.24. The number of rotatable bonds is 7. The lowest BCUT2D eigenvalue weighted by Gasteiger charge is -2.19. The molecule has 0 saturated heterocycles. The van der Waals surface area contributed by atoms with Crippen molar-refractivity contribution >= 4 is 23.6 Å². The van der Waals surface area contributed by atoms with Crippen molar-refractivity contribution in [3.63, 3.8) is 0 Å². The molecular formula is C27H26N2O5. The highest BCUT2D eigenvalue weighted by atomic mass is 16.6. The molecule has 3 aromatic carbocycles. The highest BCUT2D eigenvalue weighted by Crippen LogP contribution is 2.22. The lowest BCUT2D eigenvalue weighted by molar-refractivity contribution is -0.384. The Labute approximate surface area is 198 Å². The van der Waals surface area contributed by atoms with E-state index in [1.807, 2.05) is 42.5 Å². The van der Waals surface area contributed by atoms with Crippen molar-refractivity contribution in [3.8, 4) is 0 Å². The molecule has 0 spiro atoms. The summed E-state index contributed by atoms with van der Waals surface area (Å²) in [6.07, 6.45) is 1.36. The maximum absolute atomic E-state index is 12.9. The molecule has 0 heterocycles. The van der Waals surface area contributed by atoms with Crippen LogP contribution < -0.4 is 5.32 Å². The van der Waals surface area contributed by atoms with Crippen LogP contribution in [0, 0.1) is 10.1 Å². The van der Waals surface area contributed by atoms with Crippen molar-refractivity contribution in [1.82, 2.24) is 5.32 Å². The molecule has 0 fully saturated rings. The van der Waals surface area contributed by atoms with Crippen LogP contribution in [0.3, 0.4) is 0 Å². The number of amides is 1. The van der Waals surface area contributed by atoms with Gasteiger partial charge < -0.3 is 10.1 Å². The standard InChI is InChI=1S/C27H26N2O5/c1-27(2,3)22-14-12-21(13-15-22)25(30)28-24(17-20-10-7-11-23(16-20)29(32)33)26(31)34-18-19-8-5-4-6-9-19/h4-17H,18H2,1-3H3,(H,28,30)/b24-17-. The molecular weight excluding hydrogens is 432 g/mol. The quantitative estimate of drug-likeness (QED) is 0.221. The fourth-order valence-electron chi connectivity index (χ4n) is 3.16. The van der Waals surface area contributed by atoms with Crippen molar-refractivity contribution in [2.75, 3.05) is 0 Å². The van der Waals surface area contributed by atoms with E-state index < -0.39 is 16.8 Å². The number of benzene rings is 3. The lowest BCUT2D eigenvalue weighted by Crippen LogP contribution is -2.28. The maximum Gasteiger partial charge on any atom is 0.355 e. The van der Waals surface area contributed by atoms with E-state index in [0.29, 0.717) is 11.1 Å². The van der Waals surface area contributed by atoms with Gasteiger partial charge >= 0.3 is 5.97 Å². The van der Waals surface area contributed by atoms with E-state index in [9.17, 15) is 19.7 Å². The predicted octanol–water partition coefficient (Wildman–Crippen LogP) is 5.41. The van der Waals surface area contributed by atoms with Crippen molar-refractivity contribution in [2.45, 2.75) is 32.8 Å². The van der Waals surface area contributed by atoms with E-state index in [-0.39, 0.29) is 23.4 Å². The lowest BCUT2D eigenvalue weighted by atomic mass is 9.87. The number of carbonyl (C=O) groups is 2. The van der Waals surface area contributed by atoms with E-state index in [1.165, 1.54) is 24.3 Å². The van der Waals surface area contributed by atoms with Crippen molar-refractivity contribution in [2.24, 2.45) is 0 Å². The summed E-state index contributed by atoms with van der Waals surface area (Å²) in [5, 5.41) is 13.7. The first-order valence-electron chi connectivity index (χ1n) is 10.7. The summed E-state index contributed by atoms with van der Waals surface area (Å²) >= 11 is 0. The Bertz CT molecular complexity index is 1210. The van der Waals surface area contributed by atoms with E-state index in [2.05, 4.69) is 26.1 Å². The van der Waals surface area contributed by atoms with E-state index in [4.69, 9.17) is 4.74 Å². The molecule has 7 nitrogen and oxygen atoms in total. The first-order chi connectivity index (χ1) is 16.1. The zero-order valence-electron chi connectivity index (χ0n) is 19.3. The van der Waals surface area contributed by atoms with Gasteiger partial charge in [0, 0.05) is 17.7 Å². The van der Waals surface area contributed by atoms with Crippen LogP contribution in [0.25, 0.3) is 6.08 Å². The fraction of sp³-hybridized carbons (Fsp3) is 0.185. The molecule has 0 saturated carbocycles. The van der Waals surface area contributed by atoms with Gasteiger partial charge in [-0.1, -0.05) is 75.4 Å². The molecule has 1 N–H and O–H groups in total. The van der Waals surface area contributed by atoms with Crippen molar-refractivity contribution in [3.05, 3.63) is 117 Å². The van der Waals surface area contributed by atoms with E-state index in [0.717, 1.165) is 11.1 Å². The van der Waals surface area contributed by atoms with Gasteiger partial charge in [0.2, 0.25) is 0 Å². The third-order valence-electron chi connectivity index (χ3n) is 5.09. The molecule has 0 atom stereocenters.